The van der Waals surface area contributed by atoms with E-state index < -0.39 is 0 Å². The van der Waals surface area contributed by atoms with Crippen LogP contribution in [-0.2, 0) is 6.54 Å². The van der Waals surface area contributed by atoms with Crippen LogP contribution in [0.1, 0.15) is 37.8 Å². The average molecular weight is 296 g/mol. The predicted octanol–water partition coefficient (Wildman–Crippen LogP) is 5.23. The van der Waals surface area contributed by atoms with Gasteiger partial charge in [0.15, 0.2) is 0 Å². The molecule has 0 amide bonds. The first-order valence-electron chi connectivity index (χ1n) is 8.38. The van der Waals surface area contributed by atoms with Crippen molar-refractivity contribution in [1.29, 1.82) is 0 Å². The normalized spacial score (nSPS) is 10.5. The third kappa shape index (κ3) is 4.52. The van der Waals surface area contributed by atoms with E-state index in [4.69, 9.17) is 0 Å². The molecular formula is C20H28N2. The van der Waals surface area contributed by atoms with Crippen LogP contribution in [0.15, 0.2) is 48.5 Å². The summed E-state index contributed by atoms with van der Waals surface area (Å²) in [5.41, 5.74) is 5.19. The lowest BCUT2D eigenvalue weighted by atomic mass is 10.1. The Labute approximate surface area is 135 Å². The molecule has 1 N–H and O–H groups in total. The largest absolute Gasteiger partial charge is 0.381 e. The quantitative estimate of drug-likeness (QED) is 0.717. The molecule has 0 atom stereocenters. The highest BCUT2D eigenvalue weighted by atomic mass is 15.1. The summed E-state index contributed by atoms with van der Waals surface area (Å²) in [6.45, 7) is 9.77. The van der Waals surface area contributed by atoms with Gasteiger partial charge in [0.1, 0.15) is 0 Å². The molecule has 22 heavy (non-hydrogen) atoms. The van der Waals surface area contributed by atoms with E-state index in [1.807, 2.05) is 0 Å². The van der Waals surface area contributed by atoms with E-state index in [1.54, 1.807) is 0 Å². The minimum atomic E-state index is 0.875. The maximum absolute atomic E-state index is 3.51. The third-order valence-corrected chi connectivity index (χ3v) is 3.96. The van der Waals surface area contributed by atoms with Crippen molar-refractivity contribution < 1.29 is 0 Å². The van der Waals surface area contributed by atoms with Crippen LogP contribution in [0.25, 0.3) is 0 Å². The van der Waals surface area contributed by atoms with E-state index in [1.165, 1.54) is 35.3 Å². The van der Waals surface area contributed by atoms with Crippen LogP contribution < -0.4 is 10.2 Å². The average Bonchev–Trinajstić information content (AvgIpc) is 2.54. The van der Waals surface area contributed by atoms with E-state index in [0.717, 1.165) is 19.6 Å². The molecule has 0 aliphatic rings. The number of hydrogen-bond donors (Lipinski definition) is 1. The Morgan fingerprint density at radius 3 is 2.09 bits per heavy atom. The van der Waals surface area contributed by atoms with Crippen molar-refractivity contribution >= 4 is 11.4 Å². The lowest BCUT2D eigenvalue weighted by molar-refractivity contribution is 0.745. The summed E-state index contributed by atoms with van der Waals surface area (Å²) in [7, 11) is 0. The summed E-state index contributed by atoms with van der Waals surface area (Å²) < 4.78 is 0. The van der Waals surface area contributed by atoms with Gasteiger partial charge in [-0.15, -0.1) is 0 Å². The Morgan fingerprint density at radius 1 is 0.864 bits per heavy atom. The van der Waals surface area contributed by atoms with Crippen molar-refractivity contribution in [3.05, 3.63) is 59.7 Å². The van der Waals surface area contributed by atoms with Gasteiger partial charge in [0, 0.05) is 31.0 Å². The summed E-state index contributed by atoms with van der Waals surface area (Å²) in [5.74, 6) is 0. The number of hydrogen-bond acceptors (Lipinski definition) is 2. The van der Waals surface area contributed by atoms with Gasteiger partial charge in [0.25, 0.3) is 0 Å². The van der Waals surface area contributed by atoms with Gasteiger partial charge in [0.05, 0.1) is 0 Å². The Hall–Kier alpha value is -1.96. The van der Waals surface area contributed by atoms with Crippen molar-refractivity contribution in [3.63, 3.8) is 0 Å². The van der Waals surface area contributed by atoms with Crippen LogP contribution in [-0.4, -0.2) is 13.1 Å². The van der Waals surface area contributed by atoms with Crippen molar-refractivity contribution in [2.45, 2.75) is 40.2 Å². The molecule has 0 fully saturated rings. The second-order valence-electron chi connectivity index (χ2n) is 5.81. The van der Waals surface area contributed by atoms with Crippen molar-refractivity contribution in [2.24, 2.45) is 0 Å². The summed E-state index contributed by atoms with van der Waals surface area (Å²) in [6, 6.07) is 17.4. The molecule has 0 aliphatic heterocycles. The molecule has 0 unspecified atom stereocenters. The molecule has 0 saturated carbocycles. The fraction of sp³-hybridized carbons (Fsp3) is 0.400. The van der Waals surface area contributed by atoms with Gasteiger partial charge < -0.3 is 10.2 Å². The minimum Gasteiger partial charge on any atom is -0.381 e. The number of benzene rings is 2. The Bertz CT molecular complexity index is 554. The number of nitrogens with one attached hydrogen (secondary N) is 1. The number of nitrogens with zero attached hydrogens (tertiary/aromatic N) is 1. The van der Waals surface area contributed by atoms with Gasteiger partial charge in [-0.05, 0) is 55.2 Å². The molecule has 2 aromatic rings. The standard InChI is InChI=1S/C20H28N2/c1-4-14-22(15-5-2)20-12-10-19(11-13-20)21-16-18-9-7-6-8-17(18)3/h6-13,21H,4-5,14-16H2,1-3H3. The zero-order valence-corrected chi connectivity index (χ0v) is 14.1. The molecule has 0 heterocycles. The van der Waals surface area contributed by atoms with Crippen LogP contribution in [0.4, 0.5) is 11.4 Å². The van der Waals surface area contributed by atoms with E-state index in [0.29, 0.717) is 0 Å². The van der Waals surface area contributed by atoms with Crippen molar-refractivity contribution in [3.8, 4) is 0 Å². The molecule has 0 aliphatic carbocycles. The fourth-order valence-corrected chi connectivity index (χ4v) is 2.71. The Morgan fingerprint density at radius 2 is 1.50 bits per heavy atom. The second kappa shape index (κ2) is 8.47. The number of aryl methyl sites for hydroxylation is 1. The van der Waals surface area contributed by atoms with Gasteiger partial charge in [0.2, 0.25) is 0 Å². The molecule has 0 bridgehead atoms. The predicted molar refractivity (Wildman–Crippen MR) is 97.7 cm³/mol. The van der Waals surface area contributed by atoms with E-state index in [-0.39, 0.29) is 0 Å². The molecule has 2 heteroatoms. The lowest BCUT2D eigenvalue weighted by Crippen LogP contribution is -2.24. The zero-order valence-electron chi connectivity index (χ0n) is 14.1. The molecule has 0 radical (unpaired) electrons. The van der Waals surface area contributed by atoms with Crippen LogP contribution in [0.5, 0.6) is 0 Å². The summed E-state index contributed by atoms with van der Waals surface area (Å²) in [5, 5.41) is 3.51. The topological polar surface area (TPSA) is 15.3 Å². The number of anilines is 2. The van der Waals surface area contributed by atoms with Crippen LogP contribution in [0.3, 0.4) is 0 Å². The molecular weight excluding hydrogens is 268 g/mol. The van der Waals surface area contributed by atoms with Gasteiger partial charge in [-0.3, -0.25) is 0 Å². The molecule has 2 rings (SSSR count). The molecule has 2 aromatic carbocycles. The second-order valence-corrected chi connectivity index (χ2v) is 5.81. The smallest absolute Gasteiger partial charge is 0.0403 e. The monoisotopic (exact) mass is 296 g/mol. The third-order valence-electron chi connectivity index (χ3n) is 3.96. The van der Waals surface area contributed by atoms with E-state index >= 15 is 0 Å². The maximum atomic E-state index is 3.51. The zero-order chi connectivity index (χ0) is 15.8. The van der Waals surface area contributed by atoms with Gasteiger partial charge in [-0.25, -0.2) is 0 Å². The summed E-state index contributed by atoms with van der Waals surface area (Å²) >= 11 is 0. The first-order valence-corrected chi connectivity index (χ1v) is 8.38. The SMILES string of the molecule is CCCN(CCC)c1ccc(NCc2ccccc2C)cc1. The van der Waals surface area contributed by atoms with Crippen LogP contribution in [0.2, 0.25) is 0 Å². The molecule has 2 nitrogen and oxygen atoms in total. The first kappa shape index (κ1) is 16.4. The summed E-state index contributed by atoms with van der Waals surface area (Å²) in [6.07, 6.45) is 2.38. The first-order chi connectivity index (χ1) is 10.7. The fourth-order valence-electron chi connectivity index (χ4n) is 2.71. The van der Waals surface area contributed by atoms with E-state index in [9.17, 15) is 0 Å². The highest BCUT2D eigenvalue weighted by Crippen LogP contribution is 2.19. The van der Waals surface area contributed by atoms with Crippen LogP contribution >= 0.6 is 0 Å². The van der Waals surface area contributed by atoms with Crippen molar-refractivity contribution in [1.82, 2.24) is 0 Å². The minimum absolute atomic E-state index is 0.875. The molecule has 0 spiro atoms. The van der Waals surface area contributed by atoms with Gasteiger partial charge in [-0.1, -0.05) is 38.1 Å². The molecule has 0 aromatic heterocycles. The van der Waals surface area contributed by atoms with E-state index in [2.05, 4.69) is 79.5 Å². The number of rotatable bonds is 8. The Kier molecular flexibility index (Phi) is 6.32. The van der Waals surface area contributed by atoms with Gasteiger partial charge in [-0.2, -0.15) is 0 Å². The van der Waals surface area contributed by atoms with Gasteiger partial charge >= 0.3 is 0 Å². The lowest BCUT2D eigenvalue weighted by Gasteiger charge is -2.24. The molecule has 118 valence electrons. The summed E-state index contributed by atoms with van der Waals surface area (Å²) in [4.78, 5) is 2.46. The Balaban J connectivity index is 1.98. The highest BCUT2D eigenvalue weighted by molar-refractivity contribution is 5.55. The molecule has 0 saturated heterocycles. The van der Waals surface area contributed by atoms with Crippen LogP contribution in [0, 0.1) is 6.92 Å². The van der Waals surface area contributed by atoms with Crippen molar-refractivity contribution in [2.75, 3.05) is 23.3 Å². The highest BCUT2D eigenvalue weighted by Gasteiger charge is 2.04. The maximum Gasteiger partial charge on any atom is 0.0403 e.